The highest BCUT2D eigenvalue weighted by atomic mass is 16.5. The summed E-state index contributed by atoms with van der Waals surface area (Å²) in [4.78, 5) is 27.5. The van der Waals surface area contributed by atoms with Gasteiger partial charge in [-0.25, -0.2) is 4.68 Å². The van der Waals surface area contributed by atoms with Gasteiger partial charge in [0, 0.05) is 43.1 Å². The number of pyridine rings is 1. The van der Waals surface area contributed by atoms with Crippen LogP contribution in [-0.2, 0) is 7.05 Å². The van der Waals surface area contributed by atoms with E-state index in [9.17, 15) is 9.90 Å². The molecule has 1 unspecified atom stereocenters. The van der Waals surface area contributed by atoms with Crippen LogP contribution in [0.15, 0.2) is 41.5 Å². The molecule has 4 aliphatic rings. The van der Waals surface area contributed by atoms with E-state index in [2.05, 4.69) is 48.4 Å². The summed E-state index contributed by atoms with van der Waals surface area (Å²) in [6.45, 7) is 3.90. The number of carbonyl (C=O) groups excluding carboxylic acids is 1. The van der Waals surface area contributed by atoms with Crippen LogP contribution in [0.2, 0.25) is 0 Å². The molecule has 1 saturated carbocycles. The van der Waals surface area contributed by atoms with Gasteiger partial charge >= 0.3 is 0 Å². The first-order chi connectivity index (χ1) is 18.9. The molecule has 10 nitrogen and oxygen atoms in total. The summed E-state index contributed by atoms with van der Waals surface area (Å²) in [6, 6.07) is 10.1. The zero-order valence-corrected chi connectivity index (χ0v) is 22.3. The Bertz CT molecular complexity index is 1480. The molecular weight excluding hydrogens is 494 g/mol. The third-order valence-electron chi connectivity index (χ3n) is 8.19. The Hall–Kier alpha value is -3.92. The number of aliphatic hydroxyl groups is 1. The molecule has 2 aromatic heterocycles. The lowest BCUT2D eigenvalue weighted by atomic mass is 10.0. The standard InChI is InChI=1S/C29H33N7O3/c1-17-12-19-13-24(31-17)22-15-30-34(2)28(22)39-11-3-4-25(18-5-6-18)36-26-14-20(35-10-9-21(37)16-35)7-8-23(26)32-29(36)33-27(19)38/h7-8,12-15,18,21,25,37H,3-6,9-11,16H2,1-2H3,(H,32,33,38)/t21-,25?/m0/s1. The number of aryl methyl sites for hydroxylation is 2. The van der Waals surface area contributed by atoms with Gasteiger partial charge in [-0.2, -0.15) is 10.1 Å². The number of benzene rings is 1. The smallest absolute Gasteiger partial charge is 0.280 e. The average Bonchev–Trinajstić information content (AvgIpc) is 3.41. The van der Waals surface area contributed by atoms with Crippen molar-refractivity contribution >= 4 is 28.9 Å². The molecule has 2 N–H and O–H groups in total. The van der Waals surface area contributed by atoms with Gasteiger partial charge < -0.3 is 25.0 Å². The second kappa shape index (κ2) is 9.37. The predicted octanol–water partition coefficient (Wildman–Crippen LogP) is 3.74. The van der Waals surface area contributed by atoms with Gasteiger partial charge in [0.15, 0.2) is 0 Å². The number of nitrogens with one attached hydrogen (secondary N) is 1. The second-order valence-corrected chi connectivity index (χ2v) is 11.1. The Morgan fingerprint density at radius 2 is 2.00 bits per heavy atom. The zero-order chi connectivity index (χ0) is 26.7. The summed E-state index contributed by atoms with van der Waals surface area (Å²) >= 11 is 0. The lowest BCUT2D eigenvalue weighted by Crippen LogP contribution is -2.42. The Balaban J connectivity index is 1.32. The van der Waals surface area contributed by atoms with Gasteiger partial charge in [-0.15, -0.1) is 0 Å². The number of amides is 1. The first-order valence-corrected chi connectivity index (χ1v) is 13.8. The van der Waals surface area contributed by atoms with Gasteiger partial charge in [-0.1, -0.05) is 0 Å². The maximum Gasteiger partial charge on any atom is 0.280 e. The fourth-order valence-corrected chi connectivity index (χ4v) is 6.09. The van der Waals surface area contributed by atoms with Crippen molar-refractivity contribution in [1.82, 2.24) is 14.8 Å². The van der Waals surface area contributed by atoms with E-state index in [1.165, 1.54) is 0 Å². The number of aromatic nitrogens is 3. The van der Waals surface area contributed by atoms with E-state index in [1.807, 2.05) is 14.0 Å². The van der Waals surface area contributed by atoms with Gasteiger partial charge in [0.1, 0.15) is 0 Å². The van der Waals surface area contributed by atoms with Crippen LogP contribution >= 0.6 is 0 Å². The van der Waals surface area contributed by atoms with Crippen LogP contribution in [-0.4, -0.2) is 63.6 Å². The number of rotatable bonds is 2. The first-order valence-electron chi connectivity index (χ1n) is 13.8. The summed E-state index contributed by atoms with van der Waals surface area (Å²) < 4.78 is 7.99. The maximum absolute atomic E-state index is 13.6. The number of nitrogens with zero attached hydrogens (tertiary/aromatic N) is 6. The molecule has 2 bridgehead atoms. The van der Waals surface area contributed by atoms with Crippen LogP contribution in [0.1, 0.15) is 48.2 Å². The summed E-state index contributed by atoms with van der Waals surface area (Å²) in [5, 5.41) is 18.0. The van der Waals surface area contributed by atoms with Crippen LogP contribution in [0, 0.1) is 12.8 Å². The van der Waals surface area contributed by atoms with E-state index in [0.29, 0.717) is 42.2 Å². The molecule has 3 aromatic rings. The monoisotopic (exact) mass is 527 g/mol. The molecule has 10 heteroatoms. The second-order valence-electron chi connectivity index (χ2n) is 11.1. The quantitative estimate of drug-likeness (QED) is 0.519. The number of fused-ring (bicyclic) bond motifs is 7. The van der Waals surface area contributed by atoms with Gasteiger partial charge in [-0.05, 0) is 75.3 Å². The highest BCUT2D eigenvalue weighted by molar-refractivity contribution is 6.19. The summed E-state index contributed by atoms with van der Waals surface area (Å²) in [7, 11) is 1.86. The molecular formula is C29H33N7O3. The number of hydrogen-bond acceptors (Lipinski definition) is 8. The Morgan fingerprint density at radius 1 is 1.13 bits per heavy atom. The van der Waals surface area contributed by atoms with E-state index in [4.69, 9.17) is 4.74 Å². The Labute approximate surface area is 227 Å². The largest absolute Gasteiger partial charge is 0.477 e. The number of anilines is 3. The van der Waals surface area contributed by atoms with Crippen molar-refractivity contribution in [2.75, 3.05) is 34.8 Å². The first kappa shape index (κ1) is 24.1. The predicted molar refractivity (Wildman–Crippen MR) is 150 cm³/mol. The molecule has 7 rings (SSSR count). The molecule has 1 aromatic carbocycles. The maximum atomic E-state index is 13.6. The lowest BCUT2D eigenvalue weighted by molar-refractivity contribution is 0.100. The molecule has 3 aliphatic heterocycles. The minimum absolute atomic E-state index is 0.192. The summed E-state index contributed by atoms with van der Waals surface area (Å²) in [6.07, 6.45) is 6.30. The minimum Gasteiger partial charge on any atom is -0.477 e. The van der Waals surface area contributed by atoms with Crippen molar-refractivity contribution in [3.63, 3.8) is 0 Å². The van der Waals surface area contributed by atoms with Crippen LogP contribution < -0.4 is 19.9 Å². The van der Waals surface area contributed by atoms with Crippen LogP contribution in [0.4, 0.5) is 17.1 Å². The average molecular weight is 528 g/mol. The lowest BCUT2D eigenvalue weighted by Gasteiger charge is -2.30. The molecule has 5 heterocycles. The van der Waals surface area contributed by atoms with Crippen LogP contribution in [0.5, 0.6) is 5.88 Å². The number of guanidine groups is 1. The Morgan fingerprint density at radius 3 is 2.79 bits per heavy atom. The number of hydrogen-bond donors (Lipinski definition) is 2. The van der Waals surface area contributed by atoms with Crippen molar-refractivity contribution in [2.45, 2.75) is 51.2 Å². The normalized spacial score (nSPS) is 24.2. The van der Waals surface area contributed by atoms with E-state index in [-0.39, 0.29) is 18.1 Å². The minimum atomic E-state index is -0.317. The fraction of sp³-hybridized carbons (Fsp3) is 0.448. The third kappa shape index (κ3) is 4.42. The number of β-amino-alcohol motifs (C(OH)–C–C–N with tert-alkyl or cyclic N) is 1. The number of ether oxygens (including phenoxy) is 1. The molecule has 1 amide bonds. The third-order valence-corrected chi connectivity index (χ3v) is 8.19. The van der Waals surface area contributed by atoms with Gasteiger partial charge in [0.05, 0.1) is 41.5 Å². The zero-order valence-electron chi connectivity index (χ0n) is 22.3. The van der Waals surface area contributed by atoms with E-state index in [1.54, 1.807) is 23.0 Å². The van der Waals surface area contributed by atoms with Crippen LogP contribution in [0.3, 0.4) is 0 Å². The van der Waals surface area contributed by atoms with Crippen molar-refractivity contribution < 1.29 is 14.6 Å². The van der Waals surface area contributed by atoms with Crippen molar-refractivity contribution in [3.05, 3.63) is 47.8 Å². The number of carbonyl (C=O) groups is 1. The van der Waals surface area contributed by atoms with Gasteiger partial charge in [0.2, 0.25) is 11.8 Å². The van der Waals surface area contributed by atoms with Crippen LogP contribution in [0.25, 0.3) is 11.3 Å². The van der Waals surface area contributed by atoms with E-state index >= 15 is 0 Å². The van der Waals surface area contributed by atoms with E-state index < -0.39 is 0 Å². The van der Waals surface area contributed by atoms with Crippen molar-refractivity contribution in [1.29, 1.82) is 0 Å². The molecule has 2 atom stereocenters. The van der Waals surface area contributed by atoms with Gasteiger partial charge in [0.25, 0.3) is 5.91 Å². The highest BCUT2D eigenvalue weighted by Gasteiger charge is 2.41. The fourth-order valence-electron chi connectivity index (χ4n) is 6.09. The molecule has 0 radical (unpaired) electrons. The topological polar surface area (TPSA) is 108 Å². The summed E-state index contributed by atoms with van der Waals surface area (Å²) in [5.41, 5.74) is 5.68. The molecule has 0 spiro atoms. The van der Waals surface area contributed by atoms with Gasteiger partial charge in [-0.3, -0.25) is 9.78 Å². The number of aliphatic hydroxyl groups excluding tert-OH is 1. The molecule has 1 saturated heterocycles. The summed E-state index contributed by atoms with van der Waals surface area (Å²) in [5.74, 6) is 1.44. The molecule has 39 heavy (non-hydrogen) atoms. The van der Waals surface area contributed by atoms with Crippen molar-refractivity contribution in [2.24, 2.45) is 18.0 Å². The molecule has 2 fully saturated rings. The Kier molecular flexibility index (Phi) is 5.80. The van der Waals surface area contributed by atoms with E-state index in [0.717, 1.165) is 67.0 Å². The molecule has 1 aliphatic carbocycles. The highest BCUT2D eigenvalue weighted by Crippen LogP contribution is 2.45. The molecule has 202 valence electrons. The SMILES string of the molecule is Cc1cc2cc(n1)-c1cnn(C)c1OCCCC(C1CC1)N1/C(=N/C2=O)Nc2ccc(N3CC[C@H](O)C3)cc21. The number of aliphatic imine (C=N–C) groups is 1. The van der Waals surface area contributed by atoms with Crippen molar-refractivity contribution in [3.8, 4) is 17.1 Å².